The number of piperazine rings is 1. The van der Waals surface area contributed by atoms with E-state index in [9.17, 15) is 0 Å². The average Bonchev–Trinajstić information content (AvgIpc) is 2.47. The molecule has 3 heteroatoms. The Balaban J connectivity index is 1.94. The summed E-state index contributed by atoms with van der Waals surface area (Å²) in [7, 11) is 4.16. The monoisotopic (exact) mass is 255 g/mol. The molecule has 0 radical (unpaired) electrons. The van der Waals surface area contributed by atoms with E-state index in [0.717, 1.165) is 26.2 Å². The number of rotatable bonds is 2. The van der Waals surface area contributed by atoms with Crippen molar-refractivity contribution in [2.75, 3.05) is 50.1 Å². The number of nitrogens with zero attached hydrogens (tertiary/aromatic N) is 2. The standard InChI is InChI=1S/C16H21N3/c1-18(2)15-5-3-14-12-16(6-4-13(14)11-15)19-9-7-17-8-10-19/h3-6,11-12,17H,7-10H2,1-2H3. The van der Waals surface area contributed by atoms with Crippen molar-refractivity contribution in [3.05, 3.63) is 36.4 Å². The van der Waals surface area contributed by atoms with Gasteiger partial charge < -0.3 is 15.1 Å². The van der Waals surface area contributed by atoms with Crippen molar-refractivity contribution in [1.29, 1.82) is 0 Å². The molecule has 1 N–H and O–H groups in total. The first-order chi connectivity index (χ1) is 9.24. The summed E-state index contributed by atoms with van der Waals surface area (Å²) in [6.45, 7) is 4.36. The summed E-state index contributed by atoms with van der Waals surface area (Å²) in [5.41, 5.74) is 2.59. The molecule has 0 aliphatic carbocycles. The summed E-state index contributed by atoms with van der Waals surface area (Å²) in [4.78, 5) is 4.60. The van der Waals surface area contributed by atoms with Crippen molar-refractivity contribution in [3.63, 3.8) is 0 Å². The van der Waals surface area contributed by atoms with Gasteiger partial charge in [-0.2, -0.15) is 0 Å². The van der Waals surface area contributed by atoms with E-state index in [0.29, 0.717) is 0 Å². The minimum Gasteiger partial charge on any atom is -0.378 e. The van der Waals surface area contributed by atoms with Crippen LogP contribution in [0.3, 0.4) is 0 Å². The van der Waals surface area contributed by atoms with Gasteiger partial charge >= 0.3 is 0 Å². The molecule has 0 atom stereocenters. The largest absolute Gasteiger partial charge is 0.378 e. The molecule has 0 spiro atoms. The van der Waals surface area contributed by atoms with Gasteiger partial charge in [-0.3, -0.25) is 0 Å². The molecule has 1 heterocycles. The van der Waals surface area contributed by atoms with Gasteiger partial charge in [-0.05, 0) is 35.0 Å². The SMILES string of the molecule is CN(C)c1ccc2cc(N3CCNCC3)ccc2c1. The Morgan fingerprint density at radius 2 is 1.63 bits per heavy atom. The van der Waals surface area contributed by atoms with Crippen LogP contribution < -0.4 is 15.1 Å². The molecule has 0 unspecified atom stereocenters. The zero-order valence-corrected chi connectivity index (χ0v) is 11.7. The van der Waals surface area contributed by atoms with E-state index in [1.165, 1.54) is 22.1 Å². The third kappa shape index (κ3) is 2.51. The zero-order chi connectivity index (χ0) is 13.2. The molecular formula is C16H21N3. The highest BCUT2D eigenvalue weighted by Gasteiger charge is 2.10. The first kappa shape index (κ1) is 12.3. The van der Waals surface area contributed by atoms with Crippen LogP contribution >= 0.6 is 0 Å². The van der Waals surface area contributed by atoms with Crippen molar-refractivity contribution in [2.24, 2.45) is 0 Å². The Kier molecular flexibility index (Phi) is 3.30. The van der Waals surface area contributed by atoms with E-state index in [1.54, 1.807) is 0 Å². The summed E-state index contributed by atoms with van der Waals surface area (Å²) < 4.78 is 0. The fourth-order valence-electron chi connectivity index (χ4n) is 2.62. The lowest BCUT2D eigenvalue weighted by atomic mass is 10.1. The molecule has 3 nitrogen and oxygen atoms in total. The zero-order valence-electron chi connectivity index (χ0n) is 11.7. The predicted molar refractivity (Wildman–Crippen MR) is 83.4 cm³/mol. The van der Waals surface area contributed by atoms with Crippen LogP contribution in [0.1, 0.15) is 0 Å². The molecule has 0 aromatic heterocycles. The van der Waals surface area contributed by atoms with Crippen LogP contribution in [0.25, 0.3) is 10.8 Å². The maximum absolute atomic E-state index is 3.39. The van der Waals surface area contributed by atoms with Crippen molar-refractivity contribution >= 4 is 22.1 Å². The van der Waals surface area contributed by atoms with Crippen LogP contribution in [-0.4, -0.2) is 40.3 Å². The highest BCUT2D eigenvalue weighted by molar-refractivity contribution is 5.88. The Morgan fingerprint density at radius 3 is 2.37 bits per heavy atom. The second-order valence-corrected chi connectivity index (χ2v) is 5.35. The quantitative estimate of drug-likeness (QED) is 0.888. The van der Waals surface area contributed by atoms with Gasteiger partial charge in [0.15, 0.2) is 0 Å². The molecular weight excluding hydrogens is 234 g/mol. The van der Waals surface area contributed by atoms with Crippen molar-refractivity contribution in [3.8, 4) is 0 Å². The third-order valence-electron chi connectivity index (χ3n) is 3.81. The molecule has 1 aliphatic heterocycles. The Bertz CT molecular complexity index is 571. The van der Waals surface area contributed by atoms with Crippen LogP contribution in [0.15, 0.2) is 36.4 Å². The molecule has 0 saturated carbocycles. The number of nitrogens with one attached hydrogen (secondary N) is 1. The van der Waals surface area contributed by atoms with E-state index in [1.807, 2.05) is 0 Å². The lowest BCUT2D eigenvalue weighted by molar-refractivity contribution is 0.589. The van der Waals surface area contributed by atoms with Crippen molar-refractivity contribution in [2.45, 2.75) is 0 Å². The molecule has 1 aliphatic rings. The molecule has 3 rings (SSSR count). The van der Waals surface area contributed by atoms with Gasteiger partial charge in [-0.15, -0.1) is 0 Å². The van der Waals surface area contributed by atoms with E-state index in [2.05, 4.69) is 65.6 Å². The third-order valence-corrected chi connectivity index (χ3v) is 3.81. The van der Waals surface area contributed by atoms with Gasteiger partial charge in [0.2, 0.25) is 0 Å². The summed E-state index contributed by atoms with van der Waals surface area (Å²) in [6, 6.07) is 13.4. The maximum Gasteiger partial charge on any atom is 0.0373 e. The van der Waals surface area contributed by atoms with Gasteiger partial charge in [-0.25, -0.2) is 0 Å². The van der Waals surface area contributed by atoms with Crippen LogP contribution in [-0.2, 0) is 0 Å². The molecule has 19 heavy (non-hydrogen) atoms. The second kappa shape index (κ2) is 5.10. The first-order valence-corrected chi connectivity index (χ1v) is 6.91. The summed E-state index contributed by atoms with van der Waals surface area (Å²) in [5.74, 6) is 0. The lowest BCUT2D eigenvalue weighted by Gasteiger charge is -2.29. The topological polar surface area (TPSA) is 18.5 Å². The van der Waals surface area contributed by atoms with E-state index < -0.39 is 0 Å². The van der Waals surface area contributed by atoms with Crippen LogP contribution in [0.5, 0.6) is 0 Å². The van der Waals surface area contributed by atoms with Crippen molar-refractivity contribution in [1.82, 2.24) is 5.32 Å². The smallest absolute Gasteiger partial charge is 0.0373 e. The summed E-state index contributed by atoms with van der Waals surface area (Å²) in [5, 5.41) is 6.03. The van der Waals surface area contributed by atoms with Crippen LogP contribution in [0.4, 0.5) is 11.4 Å². The fourth-order valence-corrected chi connectivity index (χ4v) is 2.62. The van der Waals surface area contributed by atoms with Crippen LogP contribution in [0, 0.1) is 0 Å². The average molecular weight is 255 g/mol. The summed E-state index contributed by atoms with van der Waals surface area (Å²) >= 11 is 0. The fraction of sp³-hybridized carbons (Fsp3) is 0.375. The molecule has 0 bridgehead atoms. The minimum absolute atomic E-state index is 1.08. The highest BCUT2D eigenvalue weighted by atomic mass is 15.2. The number of anilines is 2. The molecule has 1 fully saturated rings. The van der Waals surface area contributed by atoms with E-state index >= 15 is 0 Å². The molecule has 2 aromatic carbocycles. The first-order valence-electron chi connectivity index (χ1n) is 6.91. The van der Waals surface area contributed by atoms with Crippen LogP contribution in [0.2, 0.25) is 0 Å². The molecule has 100 valence electrons. The van der Waals surface area contributed by atoms with Gasteiger partial charge in [0.1, 0.15) is 0 Å². The summed E-state index contributed by atoms with van der Waals surface area (Å²) in [6.07, 6.45) is 0. The van der Waals surface area contributed by atoms with E-state index in [4.69, 9.17) is 0 Å². The van der Waals surface area contributed by atoms with E-state index in [-0.39, 0.29) is 0 Å². The highest BCUT2D eigenvalue weighted by Crippen LogP contribution is 2.25. The Labute approximate surface area is 114 Å². The number of hydrogen-bond acceptors (Lipinski definition) is 3. The number of fused-ring (bicyclic) bond motifs is 1. The lowest BCUT2D eigenvalue weighted by Crippen LogP contribution is -2.43. The number of hydrogen-bond donors (Lipinski definition) is 1. The second-order valence-electron chi connectivity index (χ2n) is 5.35. The van der Waals surface area contributed by atoms with Gasteiger partial charge in [0.25, 0.3) is 0 Å². The molecule has 0 amide bonds. The van der Waals surface area contributed by atoms with Gasteiger partial charge in [-0.1, -0.05) is 12.1 Å². The normalized spacial score (nSPS) is 15.8. The predicted octanol–water partition coefficient (Wildman–Crippen LogP) is 2.32. The Hall–Kier alpha value is -1.74. The minimum atomic E-state index is 1.08. The van der Waals surface area contributed by atoms with Gasteiger partial charge in [0.05, 0.1) is 0 Å². The Morgan fingerprint density at radius 1 is 0.947 bits per heavy atom. The van der Waals surface area contributed by atoms with Crippen molar-refractivity contribution < 1.29 is 0 Å². The number of benzene rings is 2. The maximum atomic E-state index is 3.39. The molecule has 2 aromatic rings. The molecule has 1 saturated heterocycles. The van der Waals surface area contributed by atoms with Gasteiger partial charge in [0, 0.05) is 51.6 Å².